The van der Waals surface area contributed by atoms with Gasteiger partial charge >= 0.3 is 12.1 Å². The first kappa shape index (κ1) is 24.4. The SMILES string of the molecule is CCOC(=O)c1ccc(N2C[C@H](Oc3ccc(C(F)(F)F)cc3)C[C@H]2C(=O)N(C)OC)cc1. The standard InChI is InChI=1S/C23H25F3N2O5/c1-4-32-22(30)15-5-9-17(10-6-15)28-14-19(13-20(28)21(29)27(2)31-3)33-18-11-7-16(8-12-18)23(24,25)26/h5-12,19-20H,4,13-14H2,1-3H3/t19-,20+/m1/s1. The monoisotopic (exact) mass is 466 g/mol. The van der Waals surface area contributed by atoms with E-state index < -0.39 is 29.9 Å². The van der Waals surface area contributed by atoms with Crippen LogP contribution in [0.2, 0.25) is 0 Å². The van der Waals surface area contributed by atoms with Crippen molar-refractivity contribution in [3.8, 4) is 5.75 Å². The van der Waals surface area contributed by atoms with Gasteiger partial charge in [-0.15, -0.1) is 0 Å². The smallest absolute Gasteiger partial charge is 0.416 e. The van der Waals surface area contributed by atoms with Crippen LogP contribution in [0, 0.1) is 0 Å². The molecule has 1 amide bonds. The van der Waals surface area contributed by atoms with Gasteiger partial charge in [-0.25, -0.2) is 9.86 Å². The zero-order chi connectivity index (χ0) is 24.2. The number of hydrogen-bond donors (Lipinski definition) is 0. The Morgan fingerprint density at radius 1 is 1.09 bits per heavy atom. The van der Waals surface area contributed by atoms with Crippen molar-refractivity contribution in [3.63, 3.8) is 0 Å². The number of hydroxylamine groups is 2. The number of carbonyl (C=O) groups is 2. The van der Waals surface area contributed by atoms with Crippen molar-refractivity contribution >= 4 is 17.6 Å². The predicted octanol–water partition coefficient (Wildman–Crippen LogP) is 3.93. The molecule has 1 heterocycles. The number of rotatable bonds is 7. The van der Waals surface area contributed by atoms with Crippen molar-refractivity contribution in [1.29, 1.82) is 0 Å². The lowest BCUT2D eigenvalue weighted by molar-refractivity contribution is -0.170. The van der Waals surface area contributed by atoms with E-state index in [1.807, 2.05) is 4.90 Å². The summed E-state index contributed by atoms with van der Waals surface area (Å²) in [7, 11) is 2.87. The van der Waals surface area contributed by atoms with E-state index in [4.69, 9.17) is 14.3 Å². The Bertz CT molecular complexity index is 964. The molecule has 10 heteroatoms. The highest BCUT2D eigenvalue weighted by atomic mass is 19.4. The fourth-order valence-electron chi connectivity index (χ4n) is 3.62. The molecule has 178 valence electrons. The molecule has 7 nitrogen and oxygen atoms in total. The number of esters is 1. The van der Waals surface area contributed by atoms with Crippen molar-refractivity contribution in [3.05, 3.63) is 59.7 Å². The molecule has 0 saturated carbocycles. The Morgan fingerprint density at radius 3 is 2.27 bits per heavy atom. The summed E-state index contributed by atoms with van der Waals surface area (Å²) >= 11 is 0. The first-order valence-electron chi connectivity index (χ1n) is 10.3. The molecule has 1 fully saturated rings. The molecule has 0 unspecified atom stereocenters. The fraction of sp³-hybridized carbons (Fsp3) is 0.391. The summed E-state index contributed by atoms with van der Waals surface area (Å²) in [5, 5.41) is 1.12. The van der Waals surface area contributed by atoms with Gasteiger partial charge in [0.2, 0.25) is 0 Å². The Balaban J connectivity index is 1.79. The highest BCUT2D eigenvalue weighted by Crippen LogP contribution is 2.32. The number of benzene rings is 2. The molecule has 0 aliphatic carbocycles. The second-order valence-electron chi connectivity index (χ2n) is 7.45. The molecule has 2 atom stereocenters. The number of likely N-dealkylation sites (N-methyl/N-ethyl adjacent to an activating group) is 1. The molecular weight excluding hydrogens is 441 g/mol. The van der Waals surface area contributed by atoms with Crippen molar-refractivity contribution < 1.29 is 37.1 Å². The van der Waals surface area contributed by atoms with Crippen LogP contribution in [0.25, 0.3) is 0 Å². The van der Waals surface area contributed by atoms with Gasteiger partial charge in [-0.05, 0) is 55.5 Å². The van der Waals surface area contributed by atoms with Gasteiger partial charge in [-0.1, -0.05) is 0 Å². The second kappa shape index (κ2) is 10.1. The van der Waals surface area contributed by atoms with Crippen LogP contribution in [0.4, 0.5) is 18.9 Å². The number of carbonyl (C=O) groups excluding carboxylic acids is 2. The summed E-state index contributed by atoms with van der Waals surface area (Å²) in [5.74, 6) is -0.468. The third kappa shape index (κ3) is 5.75. The maximum Gasteiger partial charge on any atom is 0.416 e. The van der Waals surface area contributed by atoms with Crippen LogP contribution in [0.5, 0.6) is 5.75 Å². The summed E-state index contributed by atoms with van der Waals surface area (Å²) in [4.78, 5) is 31.6. The molecule has 0 N–H and O–H groups in total. The summed E-state index contributed by atoms with van der Waals surface area (Å²) in [6, 6.07) is 10.4. The summed E-state index contributed by atoms with van der Waals surface area (Å²) in [6.45, 7) is 2.29. The van der Waals surface area contributed by atoms with E-state index in [1.54, 1.807) is 31.2 Å². The van der Waals surface area contributed by atoms with Crippen LogP contribution < -0.4 is 9.64 Å². The Labute approximate surface area is 189 Å². The van der Waals surface area contributed by atoms with Gasteiger partial charge in [0.05, 0.1) is 31.4 Å². The van der Waals surface area contributed by atoms with E-state index >= 15 is 0 Å². The predicted molar refractivity (Wildman–Crippen MR) is 114 cm³/mol. The molecule has 1 saturated heterocycles. The average molecular weight is 466 g/mol. The summed E-state index contributed by atoms with van der Waals surface area (Å²) in [5.41, 5.74) is 0.304. The van der Waals surface area contributed by atoms with Crippen LogP contribution in [0.15, 0.2) is 48.5 Å². The lowest BCUT2D eigenvalue weighted by Gasteiger charge is -2.28. The van der Waals surface area contributed by atoms with Crippen molar-refractivity contribution in [2.45, 2.75) is 31.7 Å². The minimum atomic E-state index is -4.43. The van der Waals surface area contributed by atoms with E-state index in [-0.39, 0.29) is 18.3 Å². The molecule has 1 aliphatic heterocycles. The Kier molecular flexibility index (Phi) is 7.47. The maximum atomic E-state index is 12.9. The zero-order valence-electron chi connectivity index (χ0n) is 18.5. The largest absolute Gasteiger partial charge is 0.488 e. The average Bonchev–Trinajstić information content (AvgIpc) is 3.21. The summed E-state index contributed by atoms with van der Waals surface area (Å²) in [6.07, 6.45) is -4.58. The Hall–Kier alpha value is -3.27. The van der Waals surface area contributed by atoms with E-state index in [0.29, 0.717) is 24.2 Å². The Morgan fingerprint density at radius 2 is 1.73 bits per heavy atom. The molecular formula is C23H25F3N2O5. The van der Waals surface area contributed by atoms with Gasteiger partial charge in [0.15, 0.2) is 0 Å². The van der Waals surface area contributed by atoms with Crippen LogP contribution in [0.3, 0.4) is 0 Å². The van der Waals surface area contributed by atoms with Crippen LogP contribution in [-0.4, -0.2) is 56.4 Å². The third-order valence-corrected chi connectivity index (χ3v) is 5.33. The zero-order valence-corrected chi connectivity index (χ0v) is 18.5. The molecule has 0 radical (unpaired) electrons. The molecule has 0 bridgehead atoms. The minimum Gasteiger partial charge on any atom is -0.488 e. The number of anilines is 1. The van der Waals surface area contributed by atoms with E-state index in [9.17, 15) is 22.8 Å². The van der Waals surface area contributed by atoms with Crippen LogP contribution in [0.1, 0.15) is 29.3 Å². The lowest BCUT2D eigenvalue weighted by atomic mass is 10.1. The molecule has 2 aromatic carbocycles. The fourth-order valence-corrected chi connectivity index (χ4v) is 3.62. The summed E-state index contributed by atoms with van der Waals surface area (Å²) < 4.78 is 49.3. The maximum absolute atomic E-state index is 12.9. The van der Waals surface area contributed by atoms with Crippen molar-refractivity contribution in [1.82, 2.24) is 5.06 Å². The van der Waals surface area contributed by atoms with Gasteiger partial charge < -0.3 is 14.4 Å². The topological polar surface area (TPSA) is 68.3 Å². The first-order valence-corrected chi connectivity index (χ1v) is 10.3. The molecule has 33 heavy (non-hydrogen) atoms. The molecule has 0 aromatic heterocycles. The van der Waals surface area contributed by atoms with E-state index in [1.165, 1.54) is 26.3 Å². The van der Waals surface area contributed by atoms with Crippen molar-refractivity contribution in [2.75, 3.05) is 32.2 Å². The quantitative estimate of drug-likeness (QED) is 0.455. The number of nitrogens with zero attached hydrogens (tertiary/aromatic N) is 2. The van der Waals surface area contributed by atoms with Gasteiger partial charge in [0, 0.05) is 19.2 Å². The highest BCUT2D eigenvalue weighted by molar-refractivity contribution is 5.90. The first-order chi connectivity index (χ1) is 15.6. The molecule has 2 aromatic rings. The number of alkyl halides is 3. The number of amides is 1. The van der Waals surface area contributed by atoms with Crippen LogP contribution >= 0.6 is 0 Å². The van der Waals surface area contributed by atoms with Gasteiger partial charge in [-0.2, -0.15) is 13.2 Å². The van der Waals surface area contributed by atoms with E-state index in [2.05, 4.69) is 0 Å². The van der Waals surface area contributed by atoms with Crippen molar-refractivity contribution in [2.24, 2.45) is 0 Å². The molecule has 1 aliphatic rings. The van der Waals surface area contributed by atoms with Crippen LogP contribution in [-0.2, 0) is 20.5 Å². The number of ether oxygens (including phenoxy) is 2. The highest BCUT2D eigenvalue weighted by Gasteiger charge is 2.40. The normalized spacial score (nSPS) is 18.2. The minimum absolute atomic E-state index is 0.260. The number of hydrogen-bond acceptors (Lipinski definition) is 6. The van der Waals surface area contributed by atoms with Gasteiger partial charge in [0.25, 0.3) is 5.91 Å². The molecule has 3 rings (SSSR count). The third-order valence-electron chi connectivity index (χ3n) is 5.33. The number of halogens is 3. The van der Waals surface area contributed by atoms with E-state index in [0.717, 1.165) is 17.2 Å². The van der Waals surface area contributed by atoms with Gasteiger partial charge in [-0.3, -0.25) is 9.63 Å². The lowest BCUT2D eigenvalue weighted by Crippen LogP contribution is -2.43. The van der Waals surface area contributed by atoms with Gasteiger partial charge in [0.1, 0.15) is 17.9 Å². The second-order valence-corrected chi connectivity index (χ2v) is 7.45. The molecule has 0 spiro atoms.